The zero-order valence-electron chi connectivity index (χ0n) is 13.7. The van der Waals surface area contributed by atoms with Crippen LogP contribution in [0.3, 0.4) is 0 Å². The van der Waals surface area contributed by atoms with Crippen molar-refractivity contribution in [1.29, 1.82) is 0 Å². The first-order valence-electron chi connectivity index (χ1n) is 7.28. The Bertz CT molecular complexity index is 607. The monoisotopic (exact) mass is 321 g/mol. The topological polar surface area (TPSA) is 95.9 Å². The molecule has 0 unspecified atom stereocenters. The van der Waals surface area contributed by atoms with E-state index in [1.165, 1.54) is 13.2 Å². The van der Waals surface area contributed by atoms with Gasteiger partial charge in [-0.3, -0.25) is 9.59 Å². The van der Waals surface area contributed by atoms with E-state index in [-0.39, 0.29) is 23.2 Å². The van der Waals surface area contributed by atoms with Gasteiger partial charge < -0.3 is 20.3 Å². The second-order valence-corrected chi connectivity index (χ2v) is 5.86. The van der Waals surface area contributed by atoms with Gasteiger partial charge in [0.2, 0.25) is 5.91 Å². The fraction of sp³-hybridized carbons (Fsp3) is 0.412. The Kier molecular flexibility index (Phi) is 6.18. The van der Waals surface area contributed by atoms with Crippen molar-refractivity contribution in [3.8, 4) is 11.5 Å². The minimum absolute atomic E-state index is 0.0477. The van der Waals surface area contributed by atoms with Crippen molar-refractivity contribution in [2.75, 3.05) is 12.4 Å². The molecular weight excluding hydrogens is 298 g/mol. The van der Waals surface area contributed by atoms with E-state index in [0.717, 1.165) is 6.08 Å². The second-order valence-electron chi connectivity index (χ2n) is 5.86. The molecule has 3 N–H and O–H groups in total. The summed E-state index contributed by atoms with van der Waals surface area (Å²) in [5, 5.41) is 22.6. The Morgan fingerprint density at radius 1 is 1.35 bits per heavy atom. The number of nitrogens with one attached hydrogen (secondary N) is 1. The number of anilines is 1. The molecule has 0 heterocycles. The number of aromatic hydroxyl groups is 2. The molecule has 6 heteroatoms. The van der Waals surface area contributed by atoms with Gasteiger partial charge in [0.25, 0.3) is 0 Å². The van der Waals surface area contributed by atoms with Crippen LogP contribution in [0.15, 0.2) is 24.8 Å². The van der Waals surface area contributed by atoms with Gasteiger partial charge in [0, 0.05) is 12.0 Å². The first kappa shape index (κ1) is 18.5. The average molecular weight is 321 g/mol. The molecule has 0 fully saturated rings. The molecule has 0 bridgehead atoms. The molecule has 6 nitrogen and oxygen atoms in total. The van der Waals surface area contributed by atoms with Gasteiger partial charge in [-0.2, -0.15) is 0 Å². The SMILES string of the molecule is C=CC(=O)Nc1c(O)ccc(C(C)(C)CCCC(=O)OC)c1O. The van der Waals surface area contributed by atoms with Crippen LogP contribution < -0.4 is 5.32 Å². The lowest BCUT2D eigenvalue weighted by molar-refractivity contribution is -0.140. The standard InChI is InChI=1S/C17H23NO5/c1-5-13(20)18-15-12(19)9-8-11(16(15)22)17(2,3)10-6-7-14(21)23-4/h5,8-9,19,22H,1,6-7,10H2,2-4H3,(H,18,20). The van der Waals surface area contributed by atoms with Crippen LogP contribution >= 0.6 is 0 Å². The van der Waals surface area contributed by atoms with Crippen LogP contribution in [0, 0.1) is 0 Å². The van der Waals surface area contributed by atoms with E-state index >= 15 is 0 Å². The fourth-order valence-electron chi connectivity index (χ4n) is 2.34. The van der Waals surface area contributed by atoms with E-state index in [0.29, 0.717) is 24.8 Å². The predicted molar refractivity (Wildman–Crippen MR) is 87.5 cm³/mol. The van der Waals surface area contributed by atoms with E-state index in [1.54, 1.807) is 6.07 Å². The number of hydrogen-bond donors (Lipinski definition) is 3. The molecular formula is C17H23NO5. The summed E-state index contributed by atoms with van der Waals surface area (Å²) in [5.41, 5.74) is 0.0624. The summed E-state index contributed by atoms with van der Waals surface area (Å²) in [7, 11) is 1.34. The number of carbonyl (C=O) groups excluding carboxylic acids is 2. The fourth-order valence-corrected chi connectivity index (χ4v) is 2.34. The van der Waals surface area contributed by atoms with Gasteiger partial charge in [0.15, 0.2) is 0 Å². The molecule has 0 aromatic heterocycles. The van der Waals surface area contributed by atoms with E-state index in [2.05, 4.69) is 16.6 Å². The van der Waals surface area contributed by atoms with Gasteiger partial charge in [0.05, 0.1) is 7.11 Å². The van der Waals surface area contributed by atoms with Crippen molar-refractivity contribution < 1.29 is 24.5 Å². The average Bonchev–Trinajstić information content (AvgIpc) is 2.50. The number of carbonyl (C=O) groups is 2. The lowest BCUT2D eigenvalue weighted by atomic mass is 9.79. The molecule has 1 aromatic rings. The summed E-state index contributed by atoms with van der Waals surface area (Å²) >= 11 is 0. The minimum Gasteiger partial charge on any atom is -0.506 e. The predicted octanol–water partition coefficient (Wildman–Crippen LogP) is 2.84. The van der Waals surface area contributed by atoms with E-state index < -0.39 is 11.3 Å². The summed E-state index contributed by atoms with van der Waals surface area (Å²) in [5.74, 6) is -1.24. The number of phenols is 2. The number of ether oxygens (including phenoxy) is 1. The van der Waals surface area contributed by atoms with Crippen LogP contribution in [0.4, 0.5) is 5.69 Å². The maximum absolute atomic E-state index is 11.4. The normalized spacial score (nSPS) is 10.9. The van der Waals surface area contributed by atoms with E-state index in [1.807, 2.05) is 13.8 Å². The van der Waals surface area contributed by atoms with Crippen molar-refractivity contribution in [3.63, 3.8) is 0 Å². The lowest BCUT2D eigenvalue weighted by Crippen LogP contribution is -2.19. The highest BCUT2D eigenvalue weighted by Gasteiger charge is 2.27. The Morgan fingerprint density at radius 3 is 2.57 bits per heavy atom. The first-order chi connectivity index (χ1) is 10.7. The Hall–Kier alpha value is -2.50. The molecule has 1 rings (SSSR count). The molecule has 0 atom stereocenters. The number of rotatable bonds is 7. The Balaban J connectivity index is 3.02. The summed E-state index contributed by atoms with van der Waals surface area (Å²) in [6.45, 7) is 7.16. The highest BCUT2D eigenvalue weighted by atomic mass is 16.5. The molecule has 0 radical (unpaired) electrons. The van der Waals surface area contributed by atoms with Crippen LogP contribution in [0.1, 0.15) is 38.7 Å². The van der Waals surface area contributed by atoms with E-state index in [4.69, 9.17) is 0 Å². The van der Waals surface area contributed by atoms with Crippen LogP contribution in [0.5, 0.6) is 11.5 Å². The van der Waals surface area contributed by atoms with E-state index in [9.17, 15) is 19.8 Å². The van der Waals surface area contributed by atoms with Gasteiger partial charge in [-0.05, 0) is 30.4 Å². The summed E-state index contributed by atoms with van der Waals surface area (Å²) < 4.78 is 4.61. The largest absolute Gasteiger partial charge is 0.506 e. The molecule has 0 saturated heterocycles. The Labute approximate surface area is 135 Å². The van der Waals surface area contributed by atoms with Crippen LogP contribution in [-0.4, -0.2) is 29.2 Å². The highest BCUT2D eigenvalue weighted by molar-refractivity contribution is 6.01. The maximum atomic E-state index is 11.4. The van der Waals surface area contributed by atoms with Crippen LogP contribution in [0.2, 0.25) is 0 Å². The molecule has 23 heavy (non-hydrogen) atoms. The zero-order valence-corrected chi connectivity index (χ0v) is 13.7. The highest BCUT2D eigenvalue weighted by Crippen LogP contribution is 2.43. The van der Waals surface area contributed by atoms with Gasteiger partial charge in [-0.1, -0.05) is 26.5 Å². The third kappa shape index (κ3) is 4.74. The van der Waals surface area contributed by atoms with Crippen molar-refractivity contribution in [2.24, 2.45) is 0 Å². The molecule has 0 spiro atoms. The van der Waals surface area contributed by atoms with Crippen molar-refractivity contribution in [2.45, 2.75) is 38.5 Å². The van der Waals surface area contributed by atoms with Crippen LogP contribution in [0.25, 0.3) is 0 Å². The van der Waals surface area contributed by atoms with Gasteiger partial charge in [0.1, 0.15) is 17.2 Å². The zero-order chi connectivity index (χ0) is 17.6. The third-order valence-corrected chi connectivity index (χ3v) is 3.73. The van der Waals surface area contributed by atoms with Gasteiger partial charge in [-0.15, -0.1) is 0 Å². The Morgan fingerprint density at radius 2 is 2.00 bits per heavy atom. The number of hydrogen-bond acceptors (Lipinski definition) is 5. The molecule has 0 saturated carbocycles. The smallest absolute Gasteiger partial charge is 0.305 e. The molecule has 0 aliphatic rings. The molecule has 1 amide bonds. The van der Waals surface area contributed by atoms with Gasteiger partial charge >= 0.3 is 5.97 Å². The quantitative estimate of drug-likeness (QED) is 0.408. The van der Waals surface area contributed by atoms with Gasteiger partial charge in [-0.25, -0.2) is 0 Å². The first-order valence-corrected chi connectivity index (χ1v) is 7.28. The minimum atomic E-state index is -0.531. The van der Waals surface area contributed by atoms with Crippen molar-refractivity contribution in [3.05, 3.63) is 30.4 Å². The number of phenolic OH excluding ortho intramolecular Hbond substituents is 2. The third-order valence-electron chi connectivity index (χ3n) is 3.73. The maximum Gasteiger partial charge on any atom is 0.305 e. The summed E-state index contributed by atoms with van der Waals surface area (Å²) in [4.78, 5) is 22.6. The number of methoxy groups -OCH3 is 1. The second kappa shape index (κ2) is 7.67. The number of benzene rings is 1. The molecule has 0 aliphatic carbocycles. The number of amides is 1. The van der Waals surface area contributed by atoms with Crippen molar-refractivity contribution >= 4 is 17.6 Å². The van der Waals surface area contributed by atoms with Crippen LogP contribution in [-0.2, 0) is 19.7 Å². The summed E-state index contributed by atoms with van der Waals surface area (Å²) in [6.07, 6.45) is 2.55. The molecule has 1 aromatic carbocycles. The molecule has 126 valence electrons. The van der Waals surface area contributed by atoms with Crippen molar-refractivity contribution in [1.82, 2.24) is 0 Å². The summed E-state index contributed by atoms with van der Waals surface area (Å²) in [6, 6.07) is 3.02. The molecule has 0 aliphatic heterocycles. The number of esters is 1. The lowest BCUT2D eigenvalue weighted by Gasteiger charge is -2.27.